The molecule has 1 amide bonds. The van der Waals surface area contributed by atoms with E-state index in [1.807, 2.05) is 30.3 Å². The van der Waals surface area contributed by atoms with Gasteiger partial charge in [0.15, 0.2) is 11.8 Å². The zero-order valence-corrected chi connectivity index (χ0v) is 9.71. The van der Waals surface area contributed by atoms with Gasteiger partial charge >= 0.3 is 5.91 Å². The third kappa shape index (κ3) is 1.75. The highest BCUT2D eigenvalue weighted by molar-refractivity contribution is 5.71. The van der Waals surface area contributed by atoms with Crippen LogP contribution in [0.1, 0.15) is 29.7 Å². The van der Waals surface area contributed by atoms with Crippen LogP contribution < -0.4 is 5.06 Å². The van der Waals surface area contributed by atoms with Crippen LogP contribution in [0.4, 0.5) is 0 Å². The van der Waals surface area contributed by atoms with E-state index in [9.17, 15) is 10.0 Å². The van der Waals surface area contributed by atoms with Crippen molar-refractivity contribution in [2.24, 2.45) is 0 Å². The van der Waals surface area contributed by atoms with Gasteiger partial charge in [-0.25, -0.2) is 4.79 Å². The largest absolute Gasteiger partial charge is 0.626 e. The number of benzene rings is 1. The summed E-state index contributed by atoms with van der Waals surface area (Å²) in [5.41, 5.74) is 1.01. The minimum Gasteiger partial charge on any atom is -0.626 e. The standard InChI is InChI=1S/C14H13NO3/c16-13-9-11(10-5-2-1-3-6-10)14(15(13)17)12-7-4-8-18-12/h1-8,11,14-15H,9H2/t11-,14?/m0/s1. The number of carbonyl (C=O) groups excluding carboxylic acids is 1. The van der Waals surface area contributed by atoms with Crippen LogP contribution in [-0.4, -0.2) is 5.91 Å². The van der Waals surface area contributed by atoms with Crippen molar-refractivity contribution in [1.29, 1.82) is 0 Å². The Morgan fingerprint density at radius 2 is 1.94 bits per heavy atom. The van der Waals surface area contributed by atoms with E-state index in [1.165, 1.54) is 6.26 Å². The highest BCUT2D eigenvalue weighted by atomic mass is 16.5. The zero-order valence-electron chi connectivity index (χ0n) is 9.71. The molecule has 4 nitrogen and oxygen atoms in total. The number of quaternary nitrogens is 1. The average Bonchev–Trinajstić information content (AvgIpc) is 3.00. The summed E-state index contributed by atoms with van der Waals surface area (Å²) < 4.78 is 5.31. The van der Waals surface area contributed by atoms with Gasteiger partial charge in [0.25, 0.3) is 0 Å². The van der Waals surface area contributed by atoms with Crippen molar-refractivity contribution in [1.82, 2.24) is 0 Å². The highest BCUT2D eigenvalue weighted by Gasteiger charge is 2.44. The maximum Gasteiger partial charge on any atom is 0.313 e. The van der Waals surface area contributed by atoms with E-state index in [0.29, 0.717) is 5.76 Å². The second-order valence-corrected chi connectivity index (χ2v) is 4.50. The lowest BCUT2D eigenvalue weighted by molar-refractivity contribution is -0.794. The number of rotatable bonds is 2. The Morgan fingerprint density at radius 3 is 2.61 bits per heavy atom. The normalized spacial score (nSPS) is 27.6. The van der Waals surface area contributed by atoms with E-state index in [2.05, 4.69) is 0 Å². The van der Waals surface area contributed by atoms with Crippen LogP contribution in [-0.2, 0) is 4.79 Å². The number of hydrogen-bond acceptors (Lipinski definition) is 3. The predicted octanol–water partition coefficient (Wildman–Crippen LogP) is 1.42. The van der Waals surface area contributed by atoms with Crippen LogP contribution >= 0.6 is 0 Å². The second kappa shape index (κ2) is 4.40. The van der Waals surface area contributed by atoms with Crippen molar-refractivity contribution in [2.45, 2.75) is 18.4 Å². The summed E-state index contributed by atoms with van der Waals surface area (Å²) in [6, 6.07) is 12.7. The summed E-state index contributed by atoms with van der Waals surface area (Å²) in [7, 11) is 0. The molecular weight excluding hydrogens is 230 g/mol. The molecule has 3 rings (SSSR count). The first-order valence-electron chi connectivity index (χ1n) is 5.93. The molecule has 1 aliphatic rings. The molecule has 4 heteroatoms. The Hall–Kier alpha value is -1.91. The van der Waals surface area contributed by atoms with Crippen LogP contribution in [0.25, 0.3) is 0 Å². The van der Waals surface area contributed by atoms with Crippen LogP contribution in [0.3, 0.4) is 0 Å². The number of hydrogen-bond donors (Lipinski definition) is 1. The molecule has 3 atom stereocenters. The molecule has 2 unspecified atom stereocenters. The number of nitrogens with one attached hydrogen (secondary N) is 1. The first kappa shape index (κ1) is 11.2. The first-order valence-corrected chi connectivity index (χ1v) is 5.93. The van der Waals surface area contributed by atoms with Gasteiger partial charge in [-0.2, -0.15) is 0 Å². The lowest BCUT2D eigenvalue weighted by Crippen LogP contribution is -3.08. The fourth-order valence-electron chi connectivity index (χ4n) is 2.58. The summed E-state index contributed by atoms with van der Waals surface area (Å²) in [5, 5.41) is 11.6. The van der Waals surface area contributed by atoms with Gasteiger partial charge in [0.05, 0.1) is 18.6 Å². The minimum absolute atomic E-state index is 0.0997. The lowest BCUT2D eigenvalue weighted by atomic mass is 9.90. The van der Waals surface area contributed by atoms with E-state index in [1.54, 1.807) is 12.1 Å². The van der Waals surface area contributed by atoms with Gasteiger partial charge in [-0.3, -0.25) is 0 Å². The van der Waals surface area contributed by atoms with E-state index in [-0.39, 0.29) is 23.3 Å². The third-order valence-electron chi connectivity index (χ3n) is 3.44. The Labute approximate surface area is 104 Å². The fraction of sp³-hybridized carbons (Fsp3) is 0.214. The molecule has 1 saturated heterocycles. The second-order valence-electron chi connectivity index (χ2n) is 4.50. The molecule has 1 N–H and O–H groups in total. The Kier molecular flexibility index (Phi) is 2.74. The molecular formula is C14H13NO3. The van der Waals surface area contributed by atoms with Gasteiger partial charge in [0, 0.05) is 0 Å². The number of furan rings is 1. The molecule has 18 heavy (non-hydrogen) atoms. The van der Waals surface area contributed by atoms with E-state index in [0.717, 1.165) is 5.56 Å². The summed E-state index contributed by atoms with van der Waals surface area (Å²) in [6.07, 6.45) is 1.81. The first-order chi connectivity index (χ1) is 8.77. The molecule has 92 valence electrons. The third-order valence-corrected chi connectivity index (χ3v) is 3.44. The molecule has 0 radical (unpaired) electrons. The number of carbonyl (C=O) groups is 1. The van der Waals surface area contributed by atoms with Gasteiger partial charge < -0.3 is 14.7 Å². The van der Waals surface area contributed by atoms with Crippen LogP contribution in [0.15, 0.2) is 53.1 Å². The van der Waals surface area contributed by atoms with Gasteiger partial charge in [-0.05, 0) is 17.7 Å². The molecule has 0 aliphatic carbocycles. The molecule has 2 heterocycles. The van der Waals surface area contributed by atoms with Gasteiger partial charge in [0.1, 0.15) is 0 Å². The van der Waals surface area contributed by atoms with Crippen molar-refractivity contribution in [3.8, 4) is 0 Å². The van der Waals surface area contributed by atoms with E-state index < -0.39 is 6.04 Å². The summed E-state index contributed by atoms with van der Waals surface area (Å²) >= 11 is 0. The van der Waals surface area contributed by atoms with Crippen molar-refractivity contribution >= 4 is 5.91 Å². The van der Waals surface area contributed by atoms with Crippen LogP contribution in [0, 0.1) is 5.21 Å². The minimum atomic E-state index is -0.463. The zero-order chi connectivity index (χ0) is 12.5. The molecule has 0 spiro atoms. The highest BCUT2D eigenvalue weighted by Crippen LogP contribution is 2.35. The van der Waals surface area contributed by atoms with Crippen molar-refractivity contribution in [3.05, 3.63) is 65.3 Å². The molecule has 0 saturated carbocycles. The monoisotopic (exact) mass is 243 g/mol. The summed E-state index contributed by atoms with van der Waals surface area (Å²) in [5.74, 6) is 0.183. The lowest BCUT2D eigenvalue weighted by Gasteiger charge is -2.23. The molecule has 0 bridgehead atoms. The molecule has 1 aliphatic heterocycles. The maximum atomic E-state index is 12.0. The van der Waals surface area contributed by atoms with Crippen molar-refractivity contribution in [2.75, 3.05) is 0 Å². The quantitative estimate of drug-likeness (QED) is 0.811. The Balaban J connectivity index is 2.00. The topological polar surface area (TPSA) is 57.7 Å². The molecule has 2 aromatic rings. The Bertz CT molecular complexity index is 535. The van der Waals surface area contributed by atoms with Crippen LogP contribution in [0.5, 0.6) is 0 Å². The predicted molar refractivity (Wildman–Crippen MR) is 64.6 cm³/mol. The molecule has 1 aromatic heterocycles. The number of amides is 1. The Morgan fingerprint density at radius 1 is 1.17 bits per heavy atom. The van der Waals surface area contributed by atoms with Gasteiger partial charge in [-0.1, -0.05) is 30.3 Å². The smallest absolute Gasteiger partial charge is 0.313 e. The molecule has 1 aromatic carbocycles. The maximum absolute atomic E-state index is 12.0. The molecule has 1 fully saturated rings. The van der Waals surface area contributed by atoms with E-state index in [4.69, 9.17) is 4.42 Å². The van der Waals surface area contributed by atoms with Gasteiger partial charge in [0.2, 0.25) is 0 Å². The SMILES string of the molecule is O=C1C[C@@H](c2ccccc2)C(c2ccco2)[NH+]1[O-]. The fourth-order valence-corrected chi connectivity index (χ4v) is 2.58. The van der Waals surface area contributed by atoms with Gasteiger partial charge in [-0.15, -0.1) is 0 Å². The van der Waals surface area contributed by atoms with Crippen molar-refractivity contribution in [3.63, 3.8) is 0 Å². The summed E-state index contributed by atoms with van der Waals surface area (Å²) in [6.45, 7) is 0. The van der Waals surface area contributed by atoms with Crippen molar-refractivity contribution < 1.29 is 14.3 Å². The number of hydroxylamine groups is 2. The average molecular weight is 243 g/mol. The van der Waals surface area contributed by atoms with Crippen LogP contribution in [0.2, 0.25) is 0 Å². The summed E-state index contributed by atoms with van der Waals surface area (Å²) in [4.78, 5) is 11.7. The van der Waals surface area contributed by atoms with E-state index >= 15 is 0 Å².